The first-order valence-corrected chi connectivity index (χ1v) is 8.87. The average molecular weight is 340 g/mol. The minimum Gasteiger partial charge on any atom is -0.449 e. The average Bonchev–Trinajstić information content (AvgIpc) is 3.08. The van der Waals surface area contributed by atoms with Crippen LogP contribution in [-0.4, -0.2) is 51.4 Å². The molecule has 0 bridgehead atoms. The molecule has 1 atom stereocenters. The van der Waals surface area contributed by atoms with Gasteiger partial charge >= 0.3 is 5.97 Å². The monoisotopic (exact) mass is 340 g/mol. The molecule has 0 radical (unpaired) electrons. The highest BCUT2D eigenvalue weighted by molar-refractivity contribution is 7.89. The lowest BCUT2D eigenvalue weighted by molar-refractivity contribution is -0.138. The zero-order chi connectivity index (χ0) is 17.0. The fourth-order valence-electron chi connectivity index (χ4n) is 2.38. The van der Waals surface area contributed by atoms with Gasteiger partial charge in [-0.1, -0.05) is 6.07 Å². The summed E-state index contributed by atoms with van der Waals surface area (Å²) in [7, 11) is -2.36. The number of hydrogen-bond donors (Lipinski definition) is 1. The van der Waals surface area contributed by atoms with Crippen molar-refractivity contribution in [2.75, 3.05) is 20.1 Å². The molecule has 1 amide bonds. The smallest absolute Gasteiger partial charge is 0.338 e. The van der Waals surface area contributed by atoms with E-state index < -0.39 is 22.1 Å². The largest absolute Gasteiger partial charge is 0.449 e. The summed E-state index contributed by atoms with van der Waals surface area (Å²) in [6.45, 7) is 2.87. The van der Waals surface area contributed by atoms with E-state index in [4.69, 9.17) is 4.74 Å². The summed E-state index contributed by atoms with van der Waals surface area (Å²) in [6, 6.07) is 5.50. The van der Waals surface area contributed by atoms with Crippen LogP contribution in [0.2, 0.25) is 0 Å². The van der Waals surface area contributed by atoms with Crippen LogP contribution in [0.5, 0.6) is 0 Å². The predicted molar refractivity (Wildman–Crippen MR) is 83.4 cm³/mol. The van der Waals surface area contributed by atoms with Crippen LogP contribution in [-0.2, 0) is 19.6 Å². The molecule has 0 spiro atoms. The van der Waals surface area contributed by atoms with Crippen LogP contribution in [0.4, 0.5) is 0 Å². The summed E-state index contributed by atoms with van der Waals surface area (Å²) in [5.74, 6) is -0.951. The second kappa shape index (κ2) is 7.10. The fourth-order valence-corrected chi connectivity index (χ4v) is 3.16. The molecule has 7 nitrogen and oxygen atoms in total. The second-order valence-electron chi connectivity index (χ2n) is 5.32. The van der Waals surface area contributed by atoms with Crippen molar-refractivity contribution in [1.29, 1.82) is 0 Å². The van der Waals surface area contributed by atoms with Gasteiger partial charge in [0, 0.05) is 13.1 Å². The molecule has 0 saturated carbocycles. The topological polar surface area (TPSA) is 92.8 Å². The van der Waals surface area contributed by atoms with Crippen LogP contribution in [0.1, 0.15) is 30.1 Å². The van der Waals surface area contributed by atoms with Gasteiger partial charge in [-0.3, -0.25) is 4.79 Å². The number of sulfonamides is 1. The van der Waals surface area contributed by atoms with E-state index in [0.29, 0.717) is 13.1 Å². The van der Waals surface area contributed by atoms with Crippen LogP contribution in [0.15, 0.2) is 29.2 Å². The van der Waals surface area contributed by atoms with Crippen LogP contribution >= 0.6 is 0 Å². The second-order valence-corrected chi connectivity index (χ2v) is 7.20. The van der Waals surface area contributed by atoms with Gasteiger partial charge in [-0.05, 0) is 45.0 Å². The molecule has 1 N–H and O–H groups in total. The Morgan fingerprint density at radius 3 is 2.52 bits per heavy atom. The standard InChI is InChI=1S/C15H20N2O5S/c1-11(14(18)17-8-3-4-9-17)22-15(19)12-6-5-7-13(10-12)23(20,21)16-2/h5-7,10-11,16H,3-4,8-9H2,1-2H3. The maximum absolute atomic E-state index is 12.1. The number of nitrogens with zero attached hydrogens (tertiary/aromatic N) is 1. The number of esters is 1. The van der Waals surface area contributed by atoms with Crippen molar-refractivity contribution < 1.29 is 22.7 Å². The summed E-state index contributed by atoms with van der Waals surface area (Å²) in [4.78, 5) is 25.9. The molecular weight excluding hydrogens is 320 g/mol. The molecule has 1 saturated heterocycles. The molecule has 1 aliphatic rings. The molecule has 23 heavy (non-hydrogen) atoms. The lowest BCUT2D eigenvalue weighted by Gasteiger charge is -2.20. The van der Waals surface area contributed by atoms with E-state index in [1.807, 2.05) is 0 Å². The van der Waals surface area contributed by atoms with Crippen molar-refractivity contribution >= 4 is 21.9 Å². The summed E-state index contributed by atoms with van der Waals surface area (Å²) < 4.78 is 30.9. The highest BCUT2D eigenvalue weighted by atomic mass is 32.2. The molecule has 1 aliphatic heterocycles. The molecule has 1 heterocycles. The first-order valence-electron chi connectivity index (χ1n) is 7.38. The Morgan fingerprint density at radius 2 is 1.91 bits per heavy atom. The van der Waals surface area contributed by atoms with Crippen LogP contribution in [0.25, 0.3) is 0 Å². The van der Waals surface area contributed by atoms with Gasteiger partial charge < -0.3 is 9.64 Å². The van der Waals surface area contributed by atoms with E-state index in [1.54, 1.807) is 4.90 Å². The van der Waals surface area contributed by atoms with Crippen LogP contribution < -0.4 is 4.72 Å². The molecule has 126 valence electrons. The predicted octanol–water partition coefficient (Wildman–Crippen LogP) is 0.762. The Morgan fingerprint density at radius 1 is 1.26 bits per heavy atom. The number of carbonyl (C=O) groups is 2. The van der Waals surface area contributed by atoms with Crippen molar-refractivity contribution in [3.05, 3.63) is 29.8 Å². The summed E-state index contributed by atoms with van der Waals surface area (Å²) in [5.41, 5.74) is 0.0856. The number of amides is 1. The number of ether oxygens (including phenoxy) is 1. The molecule has 1 aromatic rings. The van der Waals surface area contributed by atoms with Crippen molar-refractivity contribution in [3.63, 3.8) is 0 Å². The van der Waals surface area contributed by atoms with Gasteiger partial charge in [0.15, 0.2) is 6.10 Å². The normalized spacial score (nSPS) is 16.2. The lowest BCUT2D eigenvalue weighted by Crippen LogP contribution is -2.38. The van der Waals surface area contributed by atoms with E-state index in [0.717, 1.165) is 12.8 Å². The number of benzene rings is 1. The van der Waals surface area contributed by atoms with Gasteiger partial charge in [0.2, 0.25) is 10.0 Å². The number of carbonyl (C=O) groups excluding carboxylic acids is 2. The number of likely N-dealkylation sites (tertiary alicyclic amines) is 1. The lowest BCUT2D eigenvalue weighted by atomic mass is 10.2. The maximum atomic E-state index is 12.1. The van der Waals surface area contributed by atoms with E-state index in [1.165, 1.54) is 38.2 Å². The third kappa shape index (κ3) is 4.08. The summed E-state index contributed by atoms with van der Waals surface area (Å²) >= 11 is 0. The molecule has 0 aliphatic carbocycles. The van der Waals surface area contributed by atoms with Crippen molar-refractivity contribution in [3.8, 4) is 0 Å². The van der Waals surface area contributed by atoms with Crippen molar-refractivity contribution in [2.45, 2.75) is 30.8 Å². The SMILES string of the molecule is CNS(=O)(=O)c1cccc(C(=O)OC(C)C(=O)N2CCCC2)c1. The first kappa shape index (κ1) is 17.4. The van der Waals surface area contributed by atoms with E-state index in [2.05, 4.69) is 4.72 Å². The fraction of sp³-hybridized carbons (Fsp3) is 0.467. The zero-order valence-corrected chi connectivity index (χ0v) is 13.9. The maximum Gasteiger partial charge on any atom is 0.338 e. The number of rotatable bonds is 5. The Hall–Kier alpha value is -1.93. The summed E-state index contributed by atoms with van der Waals surface area (Å²) in [5, 5.41) is 0. The highest BCUT2D eigenvalue weighted by Gasteiger charge is 2.26. The molecule has 1 aromatic carbocycles. The Balaban J connectivity index is 2.08. The van der Waals surface area contributed by atoms with Crippen LogP contribution in [0.3, 0.4) is 0 Å². The third-order valence-corrected chi connectivity index (χ3v) is 5.11. The molecule has 8 heteroatoms. The molecular formula is C15H20N2O5S. The van der Waals surface area contributed by atoms with Gasteiger partial charge in [-0.15, -0.1) is 0 Å². The van der Waals surface area contributed by atoms with Gasteiger partial charge in [-0.2, -0.15) is 0 Å². The van der Waals surface area contributed by atoms with Crippen LogP contribution in [0, 0.1) is 0 Å². The van der Waals surface area contributed by atoms with Crippen molar-refractivity contribution in [2.24, 2.45) is 0 Å². The zero-order valence-electron chi connectivity index (χ0n) is 13.1. The Labute approximate surface area is 135 Å². The van der Waals surface area contributed by atoms with E-state index in [9.17, 15) is 18.0 Å². The van der Waals surface area contributed by atoms with Gasteiger partial charge in [0.25, 0.3) is 5.91 Å². The Bertz CT molecular complexity index is 696. The molecule has 0 aromatic heterocycles. The van der Waals surface area contributed by atoms with E-state index in [-0.39, 0.29) is 16.4 Å². The van der Waals surface area contributed by atoms with Crippen molar-refractivity contribution in [1.82, 2.24) is 9.62 Å². The molecule has 1 fully saturated rings. The number of hydrogen-bond acceptors (Lipinski definition) is 5. The highest BCUT2D eigenvalue weighted by Crippen LogP contribution is 2.15. The van der Waals surface area contributed by atoms with Gasteiger partial charge in [-0.25, -0.2) is 17.9 Å². The third-order valence-electron chi connectivity index (χ3n) is 3.70. The molecule has 1 unspecified atom stereocenters. The minimum absolute atomic E-state index is 0.0343. The summed E-state index contributed by atoms with van der Waals surface area (Å²) in [6.07, 6.45) is 1.01. The van der Waals surface area contributed by atoms with Gasteiger partial charge in [0.1, 0.15) is 0 Å². The van der Waals surface area contributed by atoms with E-state index >= 15 is 0 Å². The number of nitrogens with one attached hydrogen (secondary N) is 1. The first-order chi connectivity index (χ1) is 10.8. The van der Waals surface area contributed by atoms with Gasteiger partial charge in [0.05, 0.1) is 10.5 Å². The quantitative estimate of drug-likeness (QED) is 0.799. The minimum atomic E-state index is -3.65. The Kier molecular flexibility index (Phi) is 5.38. The molecule has 2 rings (SSSR count).